The van der Waals surface area contributed by atoms with Crippen molar-refractivity contribution in [2.75, 3.05) is 13.1 Å². The lowest BCUT2D eigenvalue weighted by Gasteiger charge is -2.30. The van der Waals surface area contributed by atoms with Gasteiger partial charge in [0.15, 0.2) is 5.96 Å². The van der Waals surface area contributed by atoms with Gasteiger partial charge in [0.1, 0.15) is 0 Å². The molecule has 3 aliphatic rings. The van der Waals surface area contributed by atoms with Crippen molar-refractivity contribution < 1.29 is 0 Å². The zero-order valence-corrected chi connectivity index (χ0v) is 7.74. The molecule has 0 saturated carbocycles. The van der Waals surface area contributed by atoms with Crippen molar-refractivity contribution in [3.05, 3.63) is 11.9 Å². The molecule has 1 fully saturated rings. The fraction of sp³-hybridized carbons (Fsp3) is 0.667. The molecule has 67 valence electrons. The molecular formula is C9H13BN3. The van der Waals surface area contributed by atoms with Gasteiger partial charge in [-0.3, -0.25) is 4.99 Å². The second-order valence-electron chi connectivity index (χ2n) is 3.79. The van der Waals surface area contributed by atoms with Crippen LogP contribution in [0.5, 0.6) is 0 Å². The van der Waals surface area contributed by atoms with Crippen molar-refractivity contribution in [1.82, 2.24) is 9.71 Å². The standard InChI is InChI=1S/C9H13BN3/c1-3-8-7-12-6-2-5-11-9(12)13(8)10-4-1/h7H,1-6H2. The van der Waals surface area contributed by atoms with Crippen molar-refractivity contribution >= 4 is 13.4 Å². The van der Waals surface area contributed by atoms with Crippen LogP contribution in [0, 0.1) is 0 Å². The normalized spacial score (nSPS) is 25.8. The van der Waals surface area contributed by atoms with E-state index < -0.39 is 0 Å². The molecule has 4 heteroatoms. The van der Waals surface area contributed by atoms with E-state index in [1.54, 1.807) is 0 Å². The number of nitrogens with zero attached hydrogens (tertiary/aromatic N) is 3. The number of rotatable bonds is 0. The first-order chi connectivity index (χ1) is 6.45. The van der Waals surface area contributed by atoms with E-state index in [1.807, 2.05) is 0 Å². The molecule has 3 nitrogen and oxygen atoms in total. The third kappa shape index (κ3) is 1.08. The predicted molar refractivity (Wildman–Crippen MR) is 53.3 cm³/mol. The molecule has 0 amide bonds. The van der Waals surface area contributed by atoms with E-state index in [9.17, 15) is 0 Å². The van der Waals surface area contributed by atoms with E-state index in [4.69, 9.17) is 0 Å². The molecule has 0 spiro atoms. The van der Waals surface area contributed by atoms with Gasteiger partial charge in [-0.25, -0.2) is 0 Å². The summed E-state index contributed by atoms with van der Waals surface area (Å²) in [5.41, 5.74) is 1.44. The van der Waals surface area contributed by atoms with E-state index in [2.05, 4.69) is 28.3 Å². The summed E-state index contributed by atoms with van der Waals surface area (Å²) in [6.45, 7) is 2.14. The van der Waals surface area contributed by atoms with Gasteiger partial charge in [-0.15, -0.1) is 0 Å². The quantitative estimate of drug-likeness (QED) is 0.511. The second-order valence-corrected chi connectivity index (χ2v) is 3.79. The minimum atomic E-state index is 0.997. The topological polar surface area (TPSA) is 18.8 Å². The molecule has 3 rings (SSSR count). The maximum Gasteiger partial charge on any atom is 0.256 e. The fourth-order valence-corrected chi connectivity index (χ4v) is 2.21. The number of guanidine groups is 1. The molecule has 0 aromatic rings. The van der Waals surface area contributed by atoms with Gasteiger partial charge in [0.05, 0.1) is 0 Å². The number of fused-ring (bicyclic) bond motifs is 3. The summed E-state index contributed by atoms with van der Waals surface area (Å²) in [7, 11) is 2.28. The Morgan fingerprint density at radius 2 is 2.38 bits per heavy atom. The van der Waals surface area contributed by atoms with E-state index in [1.165, 1.54) is 37.2 Å². The summed E-state index contributed by atoms with van der Waals surface area (Å²) in [6, 6.07) is 0. The van der Waals surface area contributed by atoms with Gasteiger partial charge in [0, 0.05) is 25.0 Å². The van der Waals surface area contributed by atoms with Gasteiger partial charge in [0.25, 0.3) is 7.41 Å². The zero-order chi connectivity index (χ0) is 8.67. The number of allylic oxidation sites excluding steroid dienone is 1. The van der Waals surface area contributed by atoms with Crippen LogP contribution in [-0.4, -0.2) is 36.2 Å². The van der Waals surface area contributed by atoms with E-state index in [0.717, 1.165) is 13.1 Å². The first-order valence-corrected chi connectivity index (χ1v) is 5.09. The molecule has 0 aliphatic carbocycles. The van der Waals surface area contributed by atoms with Crippen LogP contribution in [-0.2, 0) is 0 Å². The van der Waals surface area contributed by atoms with Gasteiger partial charge in [0.2, 0.25) is 0 Å². The van der Waals surface area contributed by atoms with E-state index in [0.29, 0.717) is 0 Å². The van der Waals surface area contributed by atoms with Gasteiger partial charge in [-0.2, -0.15) is 0 Å². The number of aliphatic imine (C=N–C) groups is 1. The lowest BCUT2D eigenvalue weighted by Crippen LogP contribution is -2.41. The molecule has 0 aromatic heterocycles. The lowest BCUT2D eigenvalue weighted by molar-refractivity contribution is 0.494. The van der Waals surface area contributed by atoms with Crippen LogP contribution in [0.15, 0.2) is 16.9 Å². The fourth-order valence-electron chi connectivity index (χ4n) is 2.21. The van der Waals surface area contributed by atoms with Crippen molar-refractivity contribution in [1.29, 1.82) is 0 Å². The Balaban J connectivity index is 1.93. The maximum atomic E-state index is 4.56. The Morgan fingerprint density at radius 3 is 3.38 bits per heavy atom. The molecule has 0 unspecified atom stereocenters. The predicted octanol–water partition coefficient (Wildman–Crippen LogP) is 1.04. The van der Waals surface area contributed by atoms with Crippen molar-refractivity contribution in [3.63, 3.8) is 0 Å². The molecule has 13 heavy (non-hydrogen) atoms. The summed E-state index contributed by atoms with van der Waals surface area (Å²) in [6.07, 6.45) is 7.18. The van der Waals surface area contributed by atoms with Crippen LogP contribution < -0.4 is 0 Å². The summed E-state index contributed by atoms with van der Waals surface area (Å²) in [5.74, 6) is 1.17. The molecule has 0 N–H and O–H groups in total. The third-order valence-electron chi connectivity index (χ3n) is 2.85. The summed E-state index contributed by atoms with van der Waals surface area (Å²) >= 11 is 0. The Kier molecular flexibility index (Phi) is 1.60. The molecule has 0 atom stereocenters. The number of hydrogen-bond donors (Lipinski definition) is 0. The third-order valence-corrected chi connectivity index (χ3v) is 2.85. The monoisotopic (exact) mass is 174 g/mol. The van der Waals surface area contributed by atoms with Crippen molar-refractivity contribution in [3.8, 4) is 0 Å². The largest absolute Gasteiger partial charge is 0.364 e. The second kappa shape index (κ2) is 2.79. The molecule has 3 aliphatic heterocycles. The van der Waals surface area contributed by atoms with Gasteiger partial charge < -0.3 is 9.71 Å². The van der Waals surface area contributed by atoms with E-state index >= 15 is 0 Å². The first-order valence-electron chi connectivity index (χ1n) is 5.09. The molecule has 0 bridgehead atoms. The summed E-state index contributed by atoms with van der Waals surface area (Å²) in [4.78, 5) is 9.13. The molecule has 3 heterocycles. The zero-order valence-electron chi connectivity index (χ0n) is 7.74. The summed E-state index contributed by atoms with van der Waals surface area (Å²) < 4.78 is 0. The van der Waals surface area contributed by atoms with Gasteiger partial charge >= 0.3 is 0 Å². The van der Waals surface area contributed by atoms with Crippen LogP contribution in [0.2, 0.25) is 6.32 Å². The number of hydrogen-bond acceptors (Lipinski definition) is 3. The highest BCUT2D eigenvalue weighted by Crippen LogP contribution is 2.28. The maximum absolute atomic E-state index is 4.56. The minimum absolute atomic E-state index is 0.997. The Morgan fingerprint density at radius 1 is 1.38 bits per heavy atom. The smallest absolute Gasteiger partial charge is 0.256 e. The van der Waals surface area contributed by atoms with Crippen molar-refractivity contribution in [2.45, 2.75) is 25.6 Å². The average molecular weight is 174 g/mol. The Labute approximate surface area is 79.4 Å². The average Bonchev–Trinajstić information content (AvgIpc) is 2.56. The van der Waals surface area contributed by atoms with Gasteiger partial charge in [-0.05, 0) is 12.8 Å². The van der Waals surface area contributed by atoms with Crippen LogP contribution in [0.25, 0.3) is 0 Å². The van der Waals surface area contributed by atoms with Crippen molar-refractivity contribution in [2.24, 2.45) is 4.99 Å². The SMILES string of the molecule is [B]1CCCC2=CN3CCCN=C3N12. The van der Waals surface area contributed by atoms with Crippen LogP contribution >= 0.6 is 0 Å². The molecule has 1 saturated heterocycles. The van der Waals surface area contributed by atoms with Crippen LogP contribution in [0.1, 0.15) is 19.3 Å². The Bertz CT molecular complexity index is 285. The van der Waals surface area contributed by atoms with Crippen LogP contribution in [0.3, 0.4) is 0 Å². The molecule has 1 radical (unpaired) electrons. The van der Waals surface area contributed by atoms with Crippen LogP contribution in [0.4, 0.5) is 0 Å². The highest BCUT2D eigenvalue weighted by Gasteiger charge is 2.31. The van der Waals surface area contributed by atoms with E-state index in [-0.39, 0.29) is 0 Å². The van der Waals surface area contributed by atoms with Gasteiger partial charge in [-0.1, -0.05) is 12.7 Å². The highest BCUT2D eigenvalue weighted by atomic mass is 15.4. The first kappa shape index (κ1) is 7.48. The lowest BCUT2D eigenvalue weighted by atomic mass is 9.79. The highest BCUT2D eigenvalue weighted by molar-refractivity contribution is 6.38. The minimum Gasteiger partial charge on any atom is -0.364 e. The Hall–Kier alpha value is -0.925. The molecule has 0 aromatic carbocycles. The molecular weight excluding hydrogens is 161 g/mol. The summed E-state index contributed by atoms with van der Waals surface area (Å²) in [5, 5.41) is 0.